The van der Waals surface area contributed by atoms with Crippen molar-refractivity contribution in [2.24, 2.45) is 5.92 Å². The number of piperidine rings is 1. The number of rotatable bonds is 4. The second-order valence-corrected chi connectivity index (χ2v) is 6.40. The van der Waals surface area contributed by atoms with Crippen LogP contribution in [0.25, 0.3) is 0 Å². The largest absolute Gasteiger partial charge is 0.338 e. The van der Waals surface area contributed by atoms with Gasteiger partial charge in [0.2, 0.25) is 5.91 Å². The van der Waals surface area contributed by atoms with Crippen LogP contribution in [0.5, 0.6) is 0 Å². The van der Waals surface area contributed by atoms with Crippen LogP contribution in [0.1, 0.15) is 24.6 Å². The number of hydrogen-bond acceptors (Lipinski definition) is 3. The molecule has 1 amide bonds. The molecule has 2 rings (SSSR count). The molecule has 1 fully saturated rings. The molecule has 0 radical (unpaired) electrons. The molecule has 1 aromatic heterocycles. The van der Waals surface area contributed by atoms with Crippen molar-refractivity contribution in [1.82, 2.24) is 10.2 Å². The molecule has 1 aliphatic heterocycles. The van der Waals surface area contributed by atoms with E-state index in [4.69, 9.17) is 11.6 Å². The van der Waals surface area contributed by atoms with Crippen LogP contribution >= 0.6 is 22.9 Å². The van der Waals surface area contributed by atoms with Gasteiger partial charge < -0.3 is 10.2 Å². The molecule has 18 heavy (non-hydrogen) atoms. The van der Waals surface area contributed by atoms with Crippen LogP contribution in [-0.4, -0.2) is 30.4 Å². The van der Waals surface area contributed by atoms with E-state index in [1.807, 2.05) is 24.0 Å². The van der Waals surface area contributed by atoms with E-state index in [9.17, 15) is 4.79 Å². The summed E-state index contributed by atoms with van der Waals surface area (Å²) < 4.78 is 0.785. The summed E-state index contributed by atoms with van der Waals surface area (Å²) in [5.74, 6) is 0.420. The van der Waals surface area contributed by atoms with Gasteiger partial charge in [-0.05, 0) is 38.4 Å². The minimum absolute atomic E-state index is 0.147. The Balaban J connectivity index is 1.96. The molecule has 3 nitrogen and oxygen atoms in total. The molecular formula is C13H19ClN2OS. The third kappa shape index (κ3) is 3.46. The van der Waals surface area contributed by atoms with Gasteiger partial charge in [-0.3, -0.25) is 4.79 Å². The Morgan fingerprint density at radius 3 is 3.00 bits per heavy atom. The van der Waals surface area contributed by atoms with Gasteiger partial charge in [-0.15, -0.1) is 11.3 Å². The van der Waals surface area contributed by atoms with Gasteiger partial charge in [-0.25, -0.2) is 0 Å². The topological polar surface area (TPSA) is 32.3 Å². The number of amides is 1. The summed E-state index contributed by atoms with van der Waals surface area (Å²) in [5.41, 5.74) is 0. The minimum Gasteiger partial charge on any atom is -0.338 e. The number of thiophene rings is 1. The number of carbonyl (C=O) groups excluding carboxylic acids is 1. The molecule has 5 heteroatoms. The summed E-state index contributed by atoms with van der Waals surface area (Å²) >= 11 is 7.47. The van der Waals surface area contributed by atoms with E-state index in [-0.39, 0.29) is 11.8 Å². The average Bonchev–Trinajstić information content (AvgIpc) is 2.82. The first-order chi connectivity index (χ1) is 8.70. The van der Waals surface area contributed by atoms with E-state index in [1.165, 1.54) is 0 Å². The summed E-state index contributed by atoms with van der Waals surface area (Å²) in [7, 11) is 0. The third-order valence-corrected chi connectivity index (χ3v) is 4.53. The van der Waals surface area contributed by atoms with Gasteiger partial charge in [-0.1, -0.05) is 11.6 Å². The highest BCUT2D eigenvalue weighted by atomic mass is 35.5. The van der Waals surface area contributed by atoms with Crippen molar-refractivity contribution in [3.8, 4) is 0 Å². The number of nitrogens with zero attached hydrogens (tertiary/aromatic N) is 1. The maximum Gasteiger partial charge on any atom is 0.227 e. The van der Waals surface area contributed by atoms with Crippen LogP contribution in [0.2, 0.25) is 4.34 Å². The van der Waals surface area contributed by atoms with Gasteiger partial charge in [0, 0.05) is 18.0 Å². The monoisotopic (exact) mass is 286 g/mol. The zero-order valence-electron chi connectivity index (χ0n) is 10.6. The van der Waals surface area contributed by atoms with Gasteiger partial charge in [-0.2, -0.15) is 0 Å². The molecule has 0 saturated carbocycles. The Kier molecular flexibility index (Phi) is 5.03. The quantitative estimate of drug-likeness (QED) is 0.923. The summed E-state index contributed by atoms with van der Waals surface area (Å²) in [6.07, 6.45) is 2.10. The summed E-state index contributed by atoms with van der Waals surface area (Å²) in [6, 6.07) is 3.89. The highest BCUT2D eigenvalue weighted by Crippen LogP contribution is 2.23. The Bertz CT molecular complexity index is 401. The normalized spacial score (nSPS) is 19.8. The lowest BCUT2D eigenvalue weighted by atomic mass is 9.98. The summed E-state index contributed by atoms with van der Waals surface area (Å²) in [5, 5.41) is 3.30. The van der Waals surface area contributed by atoms with Crippen molar-refractivity contribution in [3.63, 3.8) is 0 Å². The highest BCUT2D eigenvalue weighted by Gasteiger charge is 2.25. The van der Waals surface area contributed by atoms with Crippen molar-refractivity contribution in [2.75, 3.05) is 19.6 Å². The lowest BCUT2D eigenvalue weighted by Gasteiger charge is -2.28. The van der Waals surface area contributed by atoms with Crippen molar-refractivity contribution >= 4 is 28.8 Å². The van der Waals surface area contributed by atoms with Gasteiger partial charge >= 0.3 is 0 Å². The standard InChI is InChI=1S/C13H19ClN2OS/c1-2-16(9-11-5-6-12(14)18-11)13(17)10-4-3-7-15-8-10/h5-6,10,15H,2-4,7-9H2,1H3. The second-order valence-electron chi connectivity index (χ2n) is 4.60. The fourth-order valence-electron chi connectivity index (χ4n) is 2.29. The maximum absolute atomic E-state index is 12.4. The molecule has 0 aromatic carbocycles. The Labute approximate surface area is 117 Å². The number of halogens is 1. The molecule has 1 aromatic rings. The second kappa shape index (κ2) is 6.55. The van der Waals surface area contributed by atoms with E-state index >= 15 is 0 Å². The van der Waals surface area contributed by atoms with Crippen molar-refractivity contribution in [2.45, 2.75) is 26.3 Å². The molecule has 1 N–H and O–H groups in total. The fourth-order valence-corrected chi connectivity index (χ4v) is 3.39. The fraction of sp³-hybridized carbons (Fsp3) is 0.615. The number of carbonyl (C=O) groups is 1. The lowest BCUT2D eigenvalue weighted by Crippen LogP contribution is -2.42. The SMILES string of the molecule is CCN(Cc1ccc(Cl)s1)C(=O)C1CCCNC1. The first-order valence-corrected chi connectivity index (χ1v) is 7.64. The van der Waals surface area contributed by atoms with Crippen LogP contribution in [0.4, 0.5) is 0 Å². The lowest BCUT2D eigenvalue weighted by molar-refractivity contribution is -0.136. The highest BCUT2D eigenvalue weighted by molar-refractivity contribution is 7.16. The Hall–Kier alpha value is -0.580. The molecule has 1 saturated heterocycles. The molecule has 1 aliphatic rings. The van der Waals surface area contributed by atoms with Crippen molar-refractivity contribution in [3.05, 3.63) is 21.3 Å². The molecule has 0 bridgehead atoms. The van der Waals surface area contributed by atoms with Gasteiger partial charge in [0.15, 0.2) is 0 Å². The molecular weight excluding hydrogens is 268 g/mol. The molecule has 0 aliphatic carbocycles. The Morgan fingerprint density at radius 2 is 2.44 bits per heavy atom. The van der Waals surface area contributed by atoms with Crippen LogP contribution in [0.3, 0.4) is 0 Å². The zero-order valence-corrected chi connectivity index (χ0v) is 12.2. The molecule has 100 valence electrons. The van der Waals surface area contributed by atoms with Gasteiger partial charge in [0.25, 0.3) is 0 Å². The first-order valence-electron chi connectivity index (χ1n) is 6.44. The zero-order chi connectivity index (χ0) is 13.0. The van der Waals surface area contributed by atoms with Gasteiger partial charge in [0.05, 0.1) is 16.8 Å². The van der Waals surface area contributed by atoms with E-state index < -0.39 is 0 Å². The average molecular weight is 287 g/mol. The maximum atomic E-state index is 12.4. The Morgan fingerprint density at radius 1 is 1.61 bits per heavy atom. The summed E-state index contributed by atoms with van der Waals surface area (Å²) in [6.45, 7) is 5.33. The van der Waals surface area contributed by atoms with E-state index in [0.29, 0.717) is 6.54 Å². The molecule has 1 unspecified atom stereocenters. The van der Waals surface area contributed by atoms with Crippen molar-refractivity contribution < 1.29 is 4.79 Å². The van der Waals surface area contributed by atoms with Crippen LogP contribution < -0.4 is 5.32 Å². The molecule has 1 atom stereocenters. The van der Waals surface area contributed by atoms with Crippen LogP contribution in [-0.2, 0) is 11.3 Å². The van der Waals surface area contributed by atoms with E-state index in [0.717, 1.165) is 41.7 Å². The molecule has 0 spiro atoms. The van der Waals surface area contributed by atoms with E-state index in [1.54, 1.807) is 11.3 Å². The van der Waals surface area contributed by atoms with Crippen LogP contribution in [0.15, 0.2) is 12.1 Å². The number of nitrogens with one attached hydrogen (secondary N) is 1. The van der Waals surface area contributed by atoms with Crippen molar-refractivity contribution in [1.29, 1.82) is 0 Å². The molecule has 2 heterocycles. The van der Waals surface area contributed by atoms with E-state index in [2.05, 4.69) is 5.32 Å². The van der Waals surface area contributed by atoms with Crippen LogP contribution in [0, 0.1) is 5.92 Å². The minimum atomic E-state index is 0.147. The number of hydrogen-bond donors (Lipinski definition) is 1. The smallest absolute Gasteiger partial charge is 0.227 e. The summed E-state index contributed by atoms with van der Waals surface area (Å²) in [4.78, 5) is 15.5. The predicted molar refractivity (Wildman–Crippen MR) is 76.0 cm³/mol. The first kappa shape index (κ1) is 13.8. The van der Waals surface area contributed by atoms with Gasteiger partial charge in [0.1, 0.15) is 0 Å². The predicted octanol–water partition coefficient (Wildman–Crippen LogP) is 2.75. The third-order valence-electron chi connectivity index (χ3n) is 3.32.